The molecule has 2 aliphatic rings. The van der Waals surface area contributed by atoms with E-state index in [1.807, 2.05) is 54.6 Å². The molecule has 0 aromatic heterocycles. The van der Waals surface area contributed by atoms with Crippen LogP contribution in [0.15, 0.2) is 78.4 Å². The molecular weight excluding hydrogens is 476 g/mol. The lowest BCUT2D eigenvalue weighted by atomic mass is 9.95. The zero-order valence-electron chi connectivity index (χ0n) is 20.0. The van der Waals surface area contributed by atoms with Crippen LogP contribution in [0.4, 0.5) is 11.4 Å². The van der Waals surface area contributed by atoms with E-state index in [0.29, 0.717) is 22.0 Å². The topological polar surface area (TPSA) is 70.1 Å². The Morgan fingerprint density at radius 2 is 1.58 bits per heavy atom. The SMILES string of the molecule is COc1cc(/C(O)=C2/C(=O)C(=O)N(c3ccc(N4CCCCC4)cc3)C2c2ccccc2)ccc1Cl. The first kappa shape index (κ1) is 23.9. The third-order valence-electron chi connectivity index (χ3n) is 6.83. The molecule has 1 amide bonds. The Morgan fingerprint density at radius 3 is 2.25 bits per heavy atom. The van der Waals surface area contributed by atoms with Gasteiger partial charge < -0.3 is 14.7 Å². The fourth-order valence-electron chi connectivity index (χ4n) is 4.99. The standard InChI is InChI=1S/C29H27ClN2O4/c1-36-24-18-20(10-15-23(24)30)27(33)25-26(19-8-4-2-5-9-19)32(29(35)28(25)34)22-13-11-21(12-14-22)31-16-6-3-7-17-31/h2,4-5,8-15,18,26,33H,3,6-7,16-17H2,1H3/b27-25-. The van der Waals surface area contributed by atoms with Gasteiger partial charge in [0.2, 0.25) is 0 Å². The highest BCUT2D eigenvalue weighted by Gasteiger charge is 2.47. The largest absolute Gasteiger partial charge is 0.507 e. The van der Waals surface area contributed by atoms with Crippen LogP contribution in [0, 0.1) is 0 Å². The third-order valence-corrected chi connectivity index (χ3v) is 7.15. The van der Waals surface area contributed by atoms with Gasteiger partial charge in [0.05, 0.1) is 23.7 Å². The van der Waals surface area contributed by atoms with Gasteiger partial charge in [-0.15, -0.1) is 0 Å². The van der Waals surface area contributed by atoms with Gasteiger partial charge in [-0.1, -0.05) is 41.9 Å². The van der Waals surface area contributed by atoms with Crippen molar-refractivity contribution in [3.63, 3.8) is 0 Å². The summed E-state index contributed by atoms with van der Waals surface area (Å²) in [6, 6.07) is 20.9. The van der Waals surface area contributed by atoms with Crippen molar-refractivity contribution >= 4 is 40.4 Å². The first-order valence-electron chi connectivity index (χ1n) is 12.0. The smallest absolute Gasteiger partial charge is 0.300 e. The maximum Gasteiger partial charge on any atom is 0.300 e. The van der Waals surface area contributed by atoms with Crippen LogP contribution >= 0.6 is 11.6 Å². The first-order valence-corrected chi connectivity index (χ1v) is 12.4. The number of piperidine rings is 1. The van der Waals surface area contributed by atoms with Crippen LogP contribution in [0.1, 0.15) is 36.4 Å². The number of Topliss-reactive ketones (excluding diaryl/α,β-unsaturated/α-hetero) is 1. The number of carbonyl (C=O) groups excluding carboxylic acids is 2. The van der Waals surface area contributed by atoms with Crippen LogP contribution in [-0.2, 0) is 9.59 Å². The summed E-state index contributed by atoms with van der Waals surface area (Å²) in [5.41, 5.74) is 2.78. The molecule has 36 heavy (non-hydrogen) atoms. The molecule has 2 aliphatic heterocycles. The number of ether oxygens (including phenoxy) is 1. The number of hydrogen-bond donors (Lipinski definition) is 1. The van der Waals surface area contributed by atoms with Crippen molar-refractivity contribution in [2.24, 2.45) is 0 Å². The highest BCUT2D eigenvalue weighted by atomic mass is 35.5. The average Bonchev–Trinajstić information content (AvgIpc) is 3.19. The molecule has 6 nitrogen and oxygen atoms in total. The number of carbonyl (C=O) groups is 2. The summed E-state index contributed by atoms with van der Waals surface area (Å²) in [4.78, 5) is 30.5. The monoisotopic (exact) mass is 502 g/mol. The van der Waals surface area contributed by atoms with Gasteiger partial charge in [0.1, 0.15) is 11.5 Å². The van der Waals surface area contributed by atoms with Crippen LogP contribution in [0.2, 0.25) is 5.02 Å². The number of nitrogens with zero attached hydrogens (tertiary/aromatic N) is 2. The Morgan fingerprint density at radius 1 is 0.917 bits per heavy atom. The van der Waals surface area contributed by atoms with E-state index in [9.17, 15) is 14.7 Å². The molecule has 3 aromatic carbocycles. The highest BCUT2D eigenvalue weighted by molar-refractivity contribution is 6.51. The molecule has 0 aliphatic carbocycles. The van der Waals surface area contributed by atoms with Gasteiger partial charge in [0.15, 0.2) is 0 Å². The molecule has 0 spiro atoms. The van der Waals surface area contributed by atoms with E-state index < -0.39 is 17.7 Å². The van der Waals surface area contributed by atoms with Crippen LogP contribution in [0.5, 0.6) is 5.75 Å². The van der Waals surface area contributed by atoms with Crippen molar-refractivity contribution in [1.29, 1.82) is 0 Å². The maximum atomic E-state index is 13.4. The van der Waals surface area contributed by atoms with Crippen LogP contribution < -0.4 is 14.5 Å². The highest BCUT2D eigenvalue weighted by Crippen LogP contribution is 2.43. The molecule has 5 rings (SSSR count). The van der Waals surface area contributed by atoms with Crippen molar-refractivity contribution in [1.82, 2.24) is 0 Å². The lowest BCUT2D eigenvalue weighted by Gasteiger charge is -2.30. The molecule has 0 bridgehead atoms. The first-order chi connectivity index (χ1) is 17.5. The van der Waals surface area contributed by atoms with Crippen molar-refractivity contribution in [2.75, 3.05) is 30.0 Å². The van der Waals surface area contributed by atoms with Gasteiger partial charge in [-0.05, 0) is 67.3 Å². The molecular formula is C29H27ClN2O4. The van der Waals surface area contributed by atoms with Gasteiger partial charge in [-0.2, -0.15) is 0 Å². The van der Waals surface area contributed by atoms with Crippen molar-refractivity contribution in [2.45, 2.75) is 25.3 Å². The van der Waals surface area contributed by atoms with Crippen LogP contribution in [0.3, 0.4) is 0 Å². The summed E-state index contributed by atoms with van der Waals surface area (Å²) in [6.07, 6.45) is 3.58. The van der Waals surface area contributed by atoms with Crippen LogP contribution in [-0.4, -0.2) is 37.0 Å². The molecule has 1 unspecified atom stereocenters. The predicted molar refractivity (Wildman–Crippen MR) is 142 cm³/mol. The van der Waals surface area contributed by atoms with Gasteiger partial charge in [-0.25, -0.2) is 0 Å². The Labute approximate surface area is 215 Å². The van der Waals surface area contributed by atoms with Crippen molar-refractivity contribution < 1.29 is 19.4 Å². The van der Waals surface area contributed by atoms with E-state index in [-0.39, 0.29) is 11.3 Å². The lowest BCUT2D eigenvalue weighted by molar-refractivity contribution is -0.132. The van der Waals surface area contributed by atoms with Gasteiger partial charge in [-0.3, -0.25) is 14.5 Å². The van der Waals surface area contributed by atoms with Gasteiger partial charge in [0.25, 0.3) is 11.7 Å². The number of halogens is 1. The number of hydrogen-bond acceptors (Lipinski definition) is 5. The summed E-state index contributed by atoms with van der Waals surface area (Å²) < 4.78 is 5.28. The van der Waals surface area contributed by atoms with Crippen LogP contribution in [0.25, 0.3) is 5.76 Å². The van der Waals surface area contributed by atoms with E-state index in [1.54, 1.807) is 18.2 Å². The van der Waals surface area contributed by atoms with E-state index in [0.717, 1.165) is 24.3 Å². The number of benzene rings is 3. The number of ketones is 1. The summed E-state index contributed by atoms with van der Waals surface area (Å²) in [5, 5.41) is 11.7. The second-order valence-electron chi connectivity index (χ2n) is 8.99. The normalized spacial score (nSPS) is 19.6. The van der Waals surface area contributed by atoms with E-state index >= 15 is 0 Å². The molecule has 184 valence electrons. The predicted octanol–water partition coefficient (Wildman–Crippen LogP) is 5.97. The molecule has 2 saturated heterocycles. The Kier molecular flexibility index (Phi) is 6.70. The van der Waals surface area contributed by atoms with Crippen molar-refractivity contribution in [3.05, 3.63) is 94.5 Å². The molecule has 2 heterocycles. The number of aliphatic hydroxyl groups excluding tert-OH is 1. The molecule has 1 N–H and O–H groups in total. The molecule has 1 atom stereocenters. The lowest BCUT2D eigenvalue weighted by Crippen LogP contribution is -2.30. The molecule has 2 fully saturated rings. The summed E-state index contributed by atoms with van der Waals surface area (Å²) in [5.74, 6) is -1.34. The Balaban J connectivity index is 1.60. The summed E-state index contributed by atoms with van der Waals surface area (Å²) in [6.45, 7) is 2.02. The summed E-state index contributed by atoms with van der Waals surface area (Å²) in [7, 11) is 1.47. The van der Waals surface area contributed by atoms with Crippen molar-refractivity contribution in [3.8, 4) is 5.75 Å². The Bertz CT molecular complexity index is 1310. The minimum atomic E-state index is -0.784. The molecule has 0 radical (unpaired) electrons. The second kappa shape index (κ2) is 10.1. The minimum Gasteiger partial charge on any atom is -0.507 e. The number of aliphatic hydroxyl groups is 1. The molecule has 0 saturated carbocycles. The second-order valence-corrected chi connectivity index (χ2v) is 9.40. The zero-order valence-corrected chi connectivity index (χ0v) is 20.7. The molecule has 3 aromatic rings. The maximum absolute atomic E-state index is 13.4. The third kappa shape index (κ3) is 4.33. The van der Waals surface area contributed by atoms with E-state index in [2.05, 4.69) is 4.90 Å². The molecule has 7 heteroatoms. The number of rotatable bonds is 5. The fraction of sp³-hybridized carbons (Fsp3) is 0.241. The average molecular weight is 503 g/mol. The van der Waals surface area contributed by atoms with Gasteiger partial charge in [0, 0.05) is 30.0 Å². The zero-order chi connectivity index (χ0) is 25.2. The number of amides is 1. The van der Waals surface area contributed by atoms with E-state index in [4.69, 9.17) is 16.3 Å². The summed E-state index contributed by atoms with van der Waals surface area (Å²) >= 11 is 6.15. The van der Waals surface area contributed by atoms with E-state index in [1.165, 1.54) is 31.3 Å². The number of methoxy groups -OCH3 is 1. The Hall–Kier alpha value is -3.77. The quantitative estimate of drug-likeness (QED) is 0.264. The minimum absolute atomic E-state index is 0.0238. The van der Waals surface area contributed by atoms with Gasteiger partial charge >= 0.3 is 0 Å². The number of anilines is 2. The fourth-order valence-corrected chi connectivity index (χ4v) is 5.18.